The Labute approximate surface area is 129 Å². The Morgan fingerprint density at radius 1 is 1.14 bits per heavy atom. The van der Waals surface area contributed by atoms with Crippen LogP contribution in [-0.4, -0.2) is 24.9 Å². The first-order valence-electron chi connectivity index (χ1n) is 6.77. The van der Waals surface area contributed by atoms with Crippen molar-refractivity contribution in [1.82, 2.24) is 10.6 Å². The molecule has 1 rings (SSSR count). The molecule has 0 bridgehead atoms. The van der Waals surface area contributed by atoms with Crippen LogP contribution in [0.5, 0.6) is 0 Å². The van der Waals surface area contributed by atoms with E-state index in [9.17, 15) is 9.59 Å². The highest BCUT2D eigenvalue weighted by Gasteiger charge is 2.04. The largest absolute Gasteiger partial charge is 0.356 e. The molecule has 1 aromatic carbocycles. The zero-order chi connectivity index (χ0) is 15.5. The minimum Gasteiger partial charge on any atom is -0.356 e. The van der Waals surface area contributed by atoms with Gasteiger partial charge in [-0.1, -0.05) is 29.8 Å². The molecule has 5 nitrogen and oxygen atoms in total. The fourth-order valence-electron chi connectivity index (χ4n) is 1.72. The maximum Gasteiger partial charge on any atom is 0.234 e. The molecule has 6 heteroatoms. The SMILES string of the molecule is N#CCC(=O)NCCCNC(=O)CCc1ccccc1Cl. The molecular weight excluding hydrogens is 290 g/mol. The molecule has 21 heavy (non-hydrogen) atoms. The van der Waals surface area contributed by atoms with Crippen LogP contribution in [0.15, 0.2) is 24.3 Å². The van der Waals surface area contributed by atoms with Gasteiger partial charge in [0.15, 0.2) is 0 Å². The smallest absolute Gasteiger partial charge is 0.234 e. The van der Waals surface area contributed by atoms with Crippen molar-refractivity contribution in [2.24, 2.45) is 0 Å². The number of benzene rings is 1. The number of carbonyl (C=O) groups excluding carboxylic acids is 2. The summed E-state index contributed by atoms with van der Waals surface area (Å²) < 4.78 is 0. The van der Waals surface area contributed by atoms with Crippen LogP contribution in [-0.2, 0) is 16.0 Å². The van der Waals surface area contributed by atoms with E-state index in [0.717, 1.165) is 5.56 Å². The van der Waals surface area contributed by atoms with Crippen LogP contribution in [0, 0.1) is 11.3 Å². The molecule has 0 spiro atoms. The Morgan fingerprint density at radius 2 is 1.81 bits per heavy atom. The molecule has 0 saturated heterocycles. The number of rotatable bonds is 8. The second-order valence-corrected chi connectivity index (χ2v) is 4.89. The molecule has 0 heterocycles. The van der Waals surface area contributed by atoms with Gasteiger partial charge in [-0.05, 0) is 24.5 Å². The lowest BCUT2D eigenvalue weighted by Gasteiger charge is -2.07. The number of aryl methyl sites for hydroxylation is 1. The van der Waals surface area contributed by atoms with E-state index < -0.39 is 0 Å². The summed E-state index contributed by atoms with van der Waals surface area (Å²) in [5.41, 5.74) is 0.957. The first kappa shape index (κ1) is 17.0. The topological polar surface area (TPSA) is 82.0 Å². The maximum atomic E-state index is 11.6. The summed E-state index contributed by atoms with van der Waals surface area (Å²) in [6.07, 6.45) is 1.48. The Hall–Kier alpha value is -2.06. The van der Waals surface area contributed by atoms with Gasteiger partial charge >= 0.3 is 0 Å². The molecule has 2 amide bonds. The fourth-order valence-corrected chi connectivity index (χ4v) is 1.95. The number of hydrogen-bond acceptors (Lipinski definition) is 3. The summed E-state index contributed by atoms with van der Waals surface area (Å²) in [5, 5.41) is 14.4. The number of hydrogen-bond donors (Lipinski definition) is 2. The van der Waals surface area contributed by atoms with E-state index in [1.54, 1.807) is 12.1 Å². The van der Waals surface area contributed by atoms with Gasteiger partial charge in [-0.15, -0.1) is 0 Å². The van der Waals surface area contributed by atoms with E-state index in [1.807, 2.05) is 18.2 Å². The van der Waals surface area contributed by atoms with Crippen LogP contribution in [0.3, 0.4) is 0 Å². The van der Waals surface area contributed by atoms with Crippen molar-refractivity contribution in [3.63, 3.8) is 0 Å². The van der Waals surface area contributed by atoms with E-state index in [0.29, 0.717) is 37.4 Å². The Bertz CT molecular complexity index is 526. The quantitative estimate of drug-likeness (QED) is 0.719. The summed E-state index contributed by atoms with van der Waals surface area (Å²) >= 11 is 6.01. The van der Waals surface area contributed by atoms with Gasteiger partial charge in [0.2, 0.25) is 11.8 Å². The van der Waals surface area contributed by atoms with E-state index in [4.69, 9.17) is 16.9 Å². The first-order valence-corrected chi connectivity index (χ1v) is 7.15. The summed E-state index contributed by atoms with van der Waals surface area (Å²) in [4.78, 5) is 22.6. The van der Waals surface area contributed by atoms with Crippen LogP contribution in [0.2, 0.25) is 5.02 Å². The summed E-state index contributed by atoms with van der Waals surface area (Å²) in [7, 11) is 0. The van der Waals surface area contributed by atoms with Crippen molar-refractivity contribution in [3.05, 3.63) is 34.9 Å². The molecule has 0 unspecified atom stereocenters. The summed E-state index contributed by atoms with van der Waals surface area (Å²) in [6.45, 7) is 0.944. The average molecular weight is 308 g/mol. The second-order valence-electron chi connectivity index (χ2n) is 4.48. The van der Waals surface area contributed by atoms with Crippen LogP contribution < -0.4 is 10.6 Å². The number of nitrogens with zero attached hydrogens (tertiary/aromatic N) is 1. The van der Waals surface area contributed by atoms with E-state index >= 15 is 0 Å². The summed E-state index contributed by atoms with van der Waals surface area (Å²) in [6, 6.07) is 9.22. The molecule has 0 aliphatic rings. The lowest BCUT2D eigenvalue weighted by atomic mass is 10.1. The molecule has 1 aromatic rings. The zero-order valence-electron chi connectivity index (χ0n) is 11.7. The van der Waals surface area contributed by atoms with Crippen molar-refractivity contribution >= 4 is 23.4 Å². The molecule has 112 valence electrons. The average Bonchev–Trinajstić information content (AvgIpc) is 2.46. The van der Waals surface area contributed by atoms with Crippen molar-refractivity contribution in [3.8, 4) is 6.07 Å². The van der Waals surface area contributed by atoms with Crippen LogP contribution in [0.25, 0.3) is 0 Å². The molecule has 0 radical (unpaired) electrons. The van der Waals surface area contributed by atoms with Gasteiger partial charge in [-0.3, -0.25) is 9.59 Å². The fraction of sp³-hybridized carbons (Fsp3) is 0.400. The van der Waals surface area contributed by atoms with E-state index in [2.05, 4.69) is 10.6 Å². The number of amides is 2. The van der Waals surface area contributed by atoms with Crippen molar-refractivity contribution < 1.29 is 9.59 Å². The lowest BCUT2D eigenvalue weighted by Crippen LogP contribution is -2.29. The van der Waals surface area contributed by atoms with Gasteiger partial charge in [-0.2, -0.15) is 5.26 Å². The van der Waals surface area contributed by atoms with Gasteiger partial charge in [0, 0.05) is 24.5 Å². The van der Waals surface area contributed by atoms with Crippen LogP contribution in [0.1, 0.15) is 24.8 Å². The number of nitrogens with one attached hydrogen (secondary N) is 2. The predicted octanol–water partition coefficient (Wildman–Crippen LogP) is 1.81. The van der Waals surface area contributed by atoms with E-state index in [-0.39, 0.29) is 18.2 Å². The van der Waals surface area contributed by atoms with Crippen molar-refractivity contribution in [1.29, 1.82) is 5.26 Å². The third-order valence-corrected chi connectivity index (χ3v) is 3.19. The second kappa shape index (κ2) is 9.78. The number of nitriles is 1. The van der Waals surface area contributed by atoms with Gasteiger partial charge in [0.1, 0.15) is 6.42 Å². The normalized spacial score (nSPS) is 9.71. The predicted molar refractivity (Wildman–Crippen MR) is 80.6 cm³/mol. The first-order chi connectivity index (χ1) is 10.1. The van der Waals surface area contributed by atoms with Crippen LogP contribution >= 0.6 is 11.6 Å². The molecule has 0 atom stereocenters. The Balaban J connectivity index is 2.11. The Morgan fingerprint density at radius 3 is 2.48 bits per heavy atom. The van der Waals surface area contributed by atoms with Gasteiger partial charge in [-0.25, -0.2) is 0 Å². The number of carbonyl (C=O) groups is 2. The molecule has 2 N–H and O–H groups in total. The highest BCUT2D eigenvalue weighted by Crippen LogP contribution is 2.16. The van der Waals surface area contributed by atoms with Gasteiger partial charge in [0.25, 0.3) is 0 Å². The van der Waals surface area contributed by atoms with Crippen molar-refractivity contribution in [2.75, 3.05) is 13.1 Å². The Kier molecular flexibility index (Phi) is 7.92. The third kappa shape index (κ3) is 7.33. The van der Waals surface area contributed by atoms with E-state index in [1.165, 1.54) is 0 Å². The molecular formula is C15H18ClN3O2. The molecule has 0 aromatic heterocycles. The third-order valence-electron chi connectivity index (χ3n) is 2.82. The minimum absolute atomic E-state index is 0.0433. The standard InChI is InChI=1S/C15H18ClN3O2/c16-13-5-2-1-4-12(13)6-7-14(20)18-10-3-11-19-15(21)8-9-17/h1-2,4-5H,3,6-8,10-11H2,(H,18,20)(H,19,21). The highest BCUT2D eigenvalue weighted by atomic mass is 35.5. The van der Waals surface area contributed by atoms with Gasteiger partial charge in [0.05, 0.1) is 6.07 Å². The maximum absolute atomic E-state index is 11.6. The summed E-state index contributed by atoms with van der Waals surface area (Å²) in [5.74, 6) is -0.333. The van der Waals surface area contributed by atoms with Gasteiger partial charge < -0.3 is 10.6 Å². The van der Waals surface area contributed by atoms with Crippen molar-refractivity contribution in [2.45, 2.75) is 25.7 Å². The number of halogens is 1. The molecule has 0 fully saturated rings. The zero-order valence-corrected chi connectivity index (χ0v) is 12.4. The molecule has 0 saturated carbocycles. The molecule has 0 aliphatic carbocycles. The minimum atomic E-state index is -0.289. The monoisotopic (exact) mass is 307 g/mol. The lowest BCUT2D eigenvalue weighted by molar-refractivity contribution is -0.121. The highest BCUT2D eigenvalue weighted by molar-refractivity contribution is 6.31. The van der Waals surface area contributed by atoms with Crippen LogP contribution in [0.4, 0.5) is 0 Å². The molecule has 0 aliphatic heterocycles.